The number of nitrogens with one attached hydrogen (secondary N) is 1. The lowest BCUT2D eigenvalue weighted by Gasteiger charge is -2.16. The van der Waals surface area contributed by atoms with Crippen molar-refractivity contribution in [1.82, 2.24) is 5.32 Å². The van der Waals surface area contributed by atoms with E-state index in [1.54, 1.807) is 12.1 Å². The third kappa shape index (κ3) is 3.46. The van der Waals surface area contributed by atoms with Crippen LogP contribution in [0.3, 0.4) is 0 Å². The molecule has 1 aromatic rings. The summed E-state index contributed by atoms with van der Waals surface area (Å²) in [6.07, 6.45) is 3.44. The Bertz CT molecular complexity index is 393. The molecule has 0 spiro atoms. The molecule has 1 saturated carbocycles. The standard InChI is InChI=1S/C13H16FNOS/c1-9-3-2-4-12(9)15-13(16)17-11-7-5-10(14)6-8-11/h5-9,12H,2-4H2,1H3,(H,15,16). The summed E-state index contributed by atoms with van der Waals surface area (Å²) >= 11 is 1.12. The molecule has 92 valence electrons. The number of carbonyl (C=O) groups excluding carboxylic acids is 1. The fraction of sp³-hybridized carbons (Fsp3) is 0.462. The summed E-state index contributed by atoms with van der Waals surface area (Å²) in [7, 11) is 0. The molecule has 2 nitrogen and oxygen atoms in total. The minimum Gasteiger partial charge on any atom is -0.344 e. The first-order valence-corrected chi connectivity index (χ1v) is 6.71. The van der Waals surface area contributed by atoms with Crippen molar-refractivity contribution < 1.29 is 9.18 Å². The second kappa shape index (κ2) is 5.54. The van der Waals surface area contributed by atoms with Crippen LogP contribution in [0.25, 0.3) is 0 Å². The number of amides is 1. The minimum absolute atomic E-state index is 0.0460. The van der Waals surface area contributed by atoms with Crippen molar-refractivity contribution in [1.29, 1.82) is 0 Å². The monoisotopic (exact) mass is 253 g/mol. The molecule has 1 aliphatic rings. The Labute approximate surface area is 105 Å². The topological polar surface area (TPSA) is 29.1 Å². The van der Waals surface area contributed by atoms with Crippen LogP contribution in [0.1, 0.15) is 26.2 Å². The van der Waals surface area contributed by atoms with Gasteiger partial charge in [-0.1, -0.05) is 13.3 Å². The third-order valence-electron chi connectivity index (χ3n) is 3.19. The zero-order valence-electron chi connectivity index (χ0n) is 9.78. The number of rotatable bonds is 2. The van der Waals surface area contributed by atoms with Gasteiger partial charge in [0.2, 0.25) is 0 Å². The van der Waals surface area contributed by atoms with E-state index in [1.165, 1.54) is 25.0 Å². The predicted octanol–water partition coefficient (Wildman–Crippen LogP) is 3.82. The van der Waals surface area contributed by atoms with E-state index < -0.39 is 0 Å². The molecular weight excluding hydrogens is 237 g/mol. The average molecular weight is 253 g/mol. The van der Waals surface area contributed by atoms with Crippen LogP contribution in [0.15, 0.2) is 29.2 Å². The van der Waals surface area contributed by atoms with E-state index in [0.29, 0.717) is 12.0 Å². The Morgan fingerprint density at radius 3 is 2.65 bits per heavy atom. The van der Waals surface area contributed by atoms with Crippen LogP contribution < -0.4 is 5.32 Å². The Kier molecular flexibility index (Phi) is 4.05. The molecule has 2 rings (SSSR count). The van der Waals surface area contributed by atoms with Gasteiger partial charge in [-0.3, -0.25) is 4.79 Å². The van der Waals surface area contributed by atoms with E-state index in [9.17, 15) is 9.18 Å². The van der Waals surface area contributed by atoms with Gasteiger partial charge in [-0.2, -0.15) is 0 Å². The van der Waals surface area contributed by atoms with Gasteiger partial charge < -0.3 is 5.32 Å². The molecule has 1 amide bonds. The quantitative estimate of drug-likeness (QED) is 0.812. The average Bonchev–Trinajstić information content (AvgIpc) is 2.68. The lowest BCUT2D eigenvalue weighted by Crippen LogP contribution is -2.33. The van der Waals surface area contributed by atoms with Crippen molar-refractivity contribution in [2.24, 2.45) is 5.92 Å². The third-order valence-corrected chi connectivity index (χ3v) is 4.00. The Balaban J connectivity index is 1.86. The largest absolute Gasteiger partial charge is 0.344 e. The first kappa shape index (κ1) is 12.4. The number of hydrogen-bond acceptors (Lipinski definition) is 2. The van der Waals surface area contributed by atoms with Gasteiger partial charge in [0.05, 0.1) is 0 Å². The molecule has 1 aromatic carbocycles. The molecular formula is C13H16FNOS. The van der Waals surface area contributed by atoms with Crippen LogP contribution in [0, 0.1) is 11.7 Å². The highest BCUT2D eigenvalue weighted by Gasteiger charge is 2.24. The molecule has 0 aromatic heterocycles. The molecule has 1 aliphatic carbocycles. The molecule has 0 radical (unpaired) electrons. The number of halogens is 1. The van der Waals surface area contributed by atoms with Crippen molar-refractivity contribution in [2.75, 3.05) is 0 Å². The normalized spacial score (nSPS) is 23.6. The first-order chi connectivity index (χ1) is 8.15. The van der Waals surface area contributed by atoms with E-state index in [0.717, 1.165) is 23.1 Å². The SMILES string of the molecule is CC1CCCC1NC(=O)Sc1ccc(F)cc1. The van der Waals surface area contributed by atoms with E-state index in [1.807, 2.05) is 0 Å². The van der Waals surface area contributed by atoms with Gasteiger partial charge in [-0.15, -0.1) is 0 Å². The highest BCUT2D eigenvalue weighted by molar-refractivity contribution is 8.13. The maximum absolute atomic E-state index is 12.7. The molecule has 1 fully saturated rings. The van der Waals surface area contributed by atoms with Crippen molar-refractivity contribution in [3.8, 4) is 0 Å². The van der Waals surface area contributed by atoms with Gasteiger partial charge in [0, 0.05) is 10.9 Å². The summed E-state index contributed by atoms with van der Waals surface area (Å²) < 4.78 is 12.7. The lowest BCUT2D eigenvalue weighted by molar-refractivity contribution is 0.255. The molecule has 2 atom stereocenters. The van der Waals surface area contributed by atoms with Gasteiger partial charge in [0.15, 0.2) is 0 Å². The minimum atomic E-state index is -0.279. The van der Waals surface area contributed by atoms with Gasteiger partial charge >= 0.3 is 0 Å². The fourth-order valence-corrected chi connectivity index (χ4v) is 2.85. The maximum atomic E-state index is 12.7. The van der Waals surface area contributed by atoms with E-state index in [2.05, 4.69) is 12.2 Å². The molecule has 1 N–H and O–H groups in total. The van der Waals surface area contributed by atoms with E-state index >= 15 is 0 Å². The summed E-state index contributed by atoms with van der Waals surface area (Å²) in [5.41, 5.74) is 0. The molecule has 0 aliphatic heterocycles. The van der Waals surface area contributed by atoms with Gasteiger partial charge in [-0.25, -0.2) is 4.39 Å². The van der Waals surface area contributed by atoms with Gasteiger partial charge in [0.1, 0.15) is 5.82 Å². The number of benzene rings is 1. The molecule has 4 heteroatoms. The molecule has 0 bridgehead atoms. The predicted molar refractivity (Wildman–Crippen MR) is 67.6 cm³/mol. The summed E-state index contributed by atoms with van der Waals surface area (Å²) in [6.45, 7) is 2.17. The summed E-state index contributed by atoms with van der Waals surface area (Å²) in [6, 6.07) is 6.28. The maximum Gasteiger partial charge on any atom is 0.284 e. The van der Waals surface area contributed by atoms with Crippen LogP contribution in [0.2, 0.25) is 0 Å². The Hall–Kier alpha value is -1.03. The van der Waals surface area contributed by atoms with Crippen LogP contribution in [0.5, 0.6) is 0 Å². The van der Waals surface area contributed by atoms with Crippen LogP contribution in [-0.2, 0) is 0 Å². The summed E-state index contributed by atoms with van der Waals surface area (Å²) in [4.78, 5) is 12.5. The summed E-state index contributed by atoms with van der Waals surface area (Å²) in [5.74, 6) is 0.284. The number of thioether (sulfide) groups is 1. The Morgan fingerprint density at radius 2 is 2.06 bits per heavy atom. The second-order valence-electron chi connectivity index (χ2n) is 4.50. The highest BCUT2D eigenvalue weighted by Crippen LogP contribution is 2.26. The van der Waals surface area contributed by atoms with Gasteiger partial charge in [0.25, 0.3) is 5.24 Å². The van der Waals surface area contributed by atoms with Crippen molar-refractivity contribution in [3.63, 3.8) is 0 Å². The second-order valence-corrected chi connectivity index (χ2v) is 5.55. The Morgan fingerprint density at radius 1 is 1.35 bits per heavy atom. The molecule has 17 heavy (non-hydrogen) atoms. The fourth-order valence-electron chi connectivity index (χ4n) is 2.15. The van der Waals surface area contributed by atoms with Gasteiger partial charge in [-0.05, 0) is 54.8 Å². The van der Waals surface area contributed by atoms with Crippen LogP contribution in [0.4, 0.5) is 9.18 Å². The summed E-state index contributed by atoms with van der Waals surface area (Å²) in [5, 5.41) is 2.98. The van der Waals surface area contributed by atoms with E-state index in [-0.39, 0.29) is 11.1 Å². The van der Waals surface area contributed by atoms with E-state index in [4.69, 9.17) is 0 Å². The number of carbonyl (C=O) groups is 1. The van der Waals surface area contributed by atoms with Crippen molar-refractivity contribution in [3.05, 3.63) is 30.1 Å². The zero-order valence-corrected chi connectivity index (χ0v) is 10.6. The van der Waals surface area contributed by atoms with Crippen molar-refractivity contribution >= 4 is 17.0 Å². The first-order valence-electron chi connectivity index (χ1n) is 5.89. The zero-order chi connectivity index (χ0) is 12.3. The lowest BCUT2D eigenvalue weighted by atomic mass is 10.1. The molecule has 0 heterocycles. The van der Waals surface area contributed by atoms with Crippen LogP contribution >= 0.6 is 11.8 Å². The molecule has 0 saturated heterocycles. The molecule has 2 unspecified atom stereocenters. The number of hydrogen-bond donors (Lipinski definition) is 1. The smallest absolute Gasteiger partial charge is 0.284 e. The highest BCUT2D eigenvalue weighted by atomic mass is 32.2. The van der Waals surface area contributed by atoms with Crippen molar-refractivity contribution in [2.45, 2.75) is 37.1 Å². The van der Waals surface area contributed by atoms with Crippen LogP contribution in [-0.4, -0.2) is 11.3 Å².